The number of fused-ring (bicyclic) bond motifs is 2. The fourth-order valence-electron chi connectivity index (χ4n) is 3.43. The van der Waals surface area contributed by atoms with Gasteiger partial charge in [0.1, 0.15) is 16.6 Å². The Morgan fingerprint density at radius 2 is 2.07 bits per heavy atom. The molecule has 0 aliphatic carbocycles. The van der Waals surface area contributed by atoms with Gasteiger partial charge in [0, 0.05) is 17.3 Å². The van der Waals surface area contributed by atoms with E-state index in [4.69, 9.17) is 4.63 Å². The van der Waals surface area contributed by atoms with Crippen LogP contribution in [0.4, 0.5) is 0 Å². The first kappa shape index (κ1) is 18.1. The highest BCUT2D eigenvalue weighted by molar-refractivity contribution is 7.17. The summed E-state index contributed by atoms with van der Waals surface area (Å²) < 4.78 is 8.16. The molecule has 0 aliphatic heterocycles. The van der Waals surface area contributed by atoms with Crippen molar-refractivity contribution in [2.75, 3.05) is 0 Å². The van der Waals surface area contributed by atoms with Crippen molar-refractivity contribution in [3.05, 3.63) is 69.1 Å². The van der Waals surface area contributed by atoms with Crippen LogP contribution >= 0.6 is 11.3 Å². The summed E-state index contributed by atoms with van der Waals surface area (Å²) in [4.78, 5) is 24.1. The van der Waals surface area contributed by atoms with Crippen LogP contribution in [0.2, 0.25) is 0 Å². The van der Waals surface area contributed by atoms with Crippen molar-refractivity contribution in [3.8, 4) is 5.75 Å². The molecule has 5 rings (SSSR count). The van der Waals surface area contributed by atoms with E-state index >= 15 is 0 Å². The quantitative estimate of drug-likeness (QED) is 0.439. The zero-order chi connectivity index (χ0) is 20.8. The van der Waals surface area contributed by atoms with Crippen molar-refractivity contribution in [3.63, 3.8) is 0 Å². The molecule has 0 bridgehead atoms. The van der Waals surface area contributed by atoms with E-state index in [0.717, 1.165) is 22.5 Å². The van der Waals surface area contributed by atoms with Crippen LogP contribution in [-0.2, 0) is 13.1 Å². The third kappa shape index (κ3) is 2.83. The van der Waals surface area contributed by atoms with Gasteiger partial charge in [-0.3, -0.25) is 14.0 Å². The molecule has 0 amide bonds. The number of rotatable bonds is 5. The van der Waals surface area contributed by atoms with Crippen molar-refractivity contribution < 1.29 is 19.6 Å². The number of aromatic carboxylic acids is 1. The Hall–Kier alpha value is -3.99. The molecule has 1 aromatic carbocycles. The van der Waals surface area contributed by atoms with Gasteiger partial charge in [-0.1, -0.05) is 12.1 Å². The first-order valence-electron chi connectivity index (χ1n) is 8.80. The average molecular weight is 423 g/mol. The molecule has 0 saturated carbocycles. The van der Waals surface area contributed by atoms with Gasteiger partial charge in [-0.05, 0) is 27.8 Å². The Balaban J connectivity index is 1.50. The molecular formula is C19H13N5O5S. The van der Waals surface area contributed by atoms with Crippen molar-refractivity contribution >= 4 is 38.6 Å². The third-order valence-corrected chi connectivity index (χ3v) is 5.71. The molecule has 0 spiro atoms. The number of benzene rings is 1. The van der Waals surface area contributed by atoms with E-state index in [-0.39, 0.29) is 12.1 Å². The summed E-state index contributed by atoms with van der Waals surface area (Å²) >= 11 is 1.16. The van der Waals surface area contributed by atoms with E-state index in [0.29, 0.717) is 27.8 Å². The Labute approximate surface area is 171 Å². The van der Waals surface area contributed by atoms with Crippen molar-refractivity contribution in [1.82, 2.24) is 24.7 Å². The van der Waals surface area contributed by atoms with Crippen LogP contribution in [0.25, 0.3) is 21.3 Å². The van der Waals surface area contributed by atoms with Gasteiger partial charge >= 0.3 is 5.97 Å². The summed E-state index contributed by atoms with van der Waals surface area (Å²) in [6.07, 6.45) is 3.40. The number of carboxylic acids is 1. The smallest absolute Gasteiger partial charge is 0.341 e. The van der Waals surface area contributed by atoms with Gasteiger partial charge in [-0.2, -0.15) is 5.10 Å². The molecular weight excluding hydrogens is 410 g/mol. The third-order valence-electron chi connectivity index (χ3n) is 4.79. The fourth-order valence-corrected chi connectivity index (χ4v) is 4.36. The second-order valence-corrected chi connectivity index (χ2v) is 7.57. The van der Waals surface area contributed by atoms with Crippen LogP contribution < -0.4 is 5.56 Å². The second kappa shape index (κ2) is 6.81. The van der Waals surface area contributed by atoms with Gasteiger partial charge in [0.05, 0.1) is 29.5 Å². The lowest BCUT2D eigenvalue weighted by molar-refractivity contribution is 0.0695. The van der Waals surface area contributed by atoms with Crippen molar-refractivity contribution in [2.45, 2.75) is 13.1 Å². The topological polar surface area (TPSA) is 136 Å². The molecule has 0 saturated heterocycles. The molecule has 4 heterocycles. The minimum Gasteiger partial charge on any atom is -0.502 e. The van der Waals surface area contributed by atoms with Gasteiger partial charge in [0.2, 0.25) is 0 Å². The SMILES string of the molecule is O=C(O)c1c(O)c(=O)n(Cc2cnn(Cc3cccc4nonc34)c2)c2ccsc12. The Kier molecular flexibility index (Phi) is 4.10. The summed E-state index contributed by atoms with van der Waals surface area (Å²) in [6, 6.07) is 7.22. The van der Waals surface area contributed by atoms with Crippen LogP contribution in [0.1, 0.15) is 21.5 Å². The number of thiophene rings is 1. The van der Waals surface area contributed by atoms with E-state index in [1.807, 2.05) is 12.1 Å². The molecule has 0 fully saturated rings. The van der Waals surface area contributed by atoms with Gasteiger partial charge in [-0.15, -0.1) is 11.3 Å². The lowest BCUT2D eigenvalue weighted by atomic mass is 10.2. The maximum atomic E-state index is 12.6. The summed E-state index contributed by atoms with van der Waals surface area (Å²) in [7, 11) is 0. The molecule has 11 heteroatoms. The standard InChI is InChI=1S/C19H13N5O5S/c25-16-14(19(27)28)17-13(4-5-30-17)24(18(16)26)8-10-6-20-23(7-10)9-11-2-1-3-12-15(11)22-29-21-12/h1-7,25H,8-9H2,(H,27,28). The van der Waals surface area contributed by atoms with Crippen molar-refractivity contribution in [2.24, 2.45) is 0 Å². The Bertz CT molecular complexity index is 1480. The molecule has 30 heavy (non-hydrogen) atoms. The number of aromatic nitrogens is 5. The van der Waals surface area contributed by atoms with Crippen LogP contribution in [0, 0.1) is 0 Å². The highest BCUT2D eigenvalue weighted by atomic mass is 32.1. The molecule has 0 atom stereocenters. The molecule has 0 unspecified atom stereocenters. The summed E-state index contributed by atoms with van der Waals surface area (Å²) in [5.74, 6) is -2.11. The molecule has 4 aromatic heterocycles. The first-order valence-corrected chi connectivity index (χ1v) is 9.68. The summed E-state index contributed by atoms with van der Waals surface area (Å²) in [6.45, 7) is 0.562. The van der Waals surface area contributed by atoms with E-state index in [9.17, 15) is 19.8 Å². The van der Waals surface area contributed by atoms with Gasteiger partial charge in [0.25, 0.3) is 5.56 Å². The maximum Gasteiger partial charge on any atom is 0.341 e. The number of aromatic hydroxyl groups is 1. The fraction of sp³-hybridized carbons (Fsp3) is 0.105. The van der Waals surface area contributed by atoms with Gasteiger partial charge < -0.3 is 10.2 Å². The zero-order valence-electron chi connectivity index (χ0n) is 15.2. The molecule has 5 aromatic rings. The maximum absolute atomic E-state index is 12.6. The zero-order valence-corrected chi connectivity index (χ0v) is 16.0. The highest BCUT2D eigenvalue weighted by Gasteiger charge is 2.22. The van der Waals surface area contributed by atoms with E-state index < -0.39 is 17.3 Å². The monoisotopic (exact) mass is 423 g/mol. The Morgan fingerprint density at radius 1 is 1.20 bits per heavy atom. The molecule has 2 N–H and O–H groups in total. The lowest BCUT2D eigenvalue weighted by Gasteiger charge is -2.09. The van der Waals surface area contributed by atoms with Crippen LogP contribution in [0.3, 0.4) is 0 Å². The summed E-state index contributed by atoms with van der Waals surface area (Å²) in [5, 5.41) is 33.3. The lowest BCUT2D eigenvalue weighted by Crippen LogP contribution is -2.22. The van der Waals surface area contributed by atoms with Crippen LogP contribution in [-0.4, -0.2) is 40.8 Å². The van der Waals surface area contributed by atoms with Crippen LogP contribution in [0.15, 0.2) is 51.5 Å². The largest absolute Gasteiger partial charge is 0.502 e. The van der Waals surface area contributed by atoms with Gasteiger partial charge in [-0.25, -0.2) is 9.42 Å². The number of pyridine rings is 1. The van der Waals surface area contributed by atoms with E-state index in [1.165, 1.54) is 4.57 Å². The van der Waals surface area contributed by atoms with Crippen molar-refractivity contribution in [1.29, 1.82) is 0 Å². The van der Waals surface area contributed by atoms with E-state index in [2.05, 4.69) is 15.4 Å². The predicted molar refractivity (Wildman–Crippen MR) is 107 cm³/mol. The predicted octanol–water partition coefficient (Wildman–Crippen LogP) is 2.30. The minimum absolute atomic E-state index is 0.134. The number of carbonyl (C=O) groups is 1. The number of nitrogens with zero attached hydrogens (tertiary/aromatic N) is 5. The average Bonchev–Trinajstić information content (AvgIpc) is 3.46. The molecule has 150 valence electrons. The first-order chi connectivity index (χ1) is 14.5. The molecule has 0 aliphatic rings. The molecule has 0 radical (unpaired) electrons. The van der Waals surface area contributed by atoms with E-state index in [1.54, 1.807) is 34.6 Å². The van der Waals surface area contributed by atoms with Gasteiger partial charge in [0.15, 0.2) is 5.75 Å². The van der Waals surface area contributed by atoms with Crippen LogP contribution in [0.5, 0.6) is 5.75 Å². The number of hydrogen-bond acceptors (Lipinski definition) is 8. The minimum atomic E-state index is -1.34. The highest BCUT2D eigenvalue weighted by Crippen LogP contribution is 2.29. The summed E-state index contributed by atoms with van der Waals surface area (Å²) in [5.41, 5.74) is 2.23. The molecule has 10 nitrogen and oxygen atoms in total. The number of carboxylic acid groups (broad SMARTS) is 1. The second-order valence-electron chi connectivity index (χ2n) is 6.65. The normalized spacial score (nSPS) is 11.5. The Morgan fingerprint density at radius 3 is 2.90 bits per heavy atom. The number of hydrogen-bond donors (Lipinski definition) is 2.